The number of hydrogen-bond donors (Lipinski definition) is 2. The lowest BCUT2D eigenvalue weighted by molar-refractivity contribution is -0.120. The number of carbonyl (C=O) groups excluding carboxylic acids is 1. The molecule has 0 aliphatic carbocycles. The fourth-order valence-electron chi connectivity index (χ4n) is 2.36. The van der Waals surface area contributed by atoms with Crippen LogP contribution in [0.15, 0.2) is 18.2 Å². The Morgan fingerprint density at radius 2 is 2.25 bits per heavy atom. The van der Waals surface area contributed by atoms with Gasteiger partial charge in [-0.1, -0.05) is 0 Å². The second-order valence-electron chi connectivity index (χ2n) is 4.94. The molecular formula is C15H22N2O3. The highest BCUT2D eigenvalue weighted by atomic mass is 16.5. The minimum atomic E-state index is -0.147. The minimum absolute atomic E-state index is 0.00545. The van der Waals surface area contributed by atoms with Crippen LogP contribution >= 0.6 is 0 Å². The predicted molar refractivity (Wildman–Crippen MR) is 78.1 cm³/mol. The van der Waals surface area contributed by atoms with E-state index < -0.39 is 0 Å². The van der Waals surface area contributed by atoms with Crippen molar-refractivity contribution >= 4 is 11.6 Å². The van der Waals surface area contributed by atoms with Crippen molar-refractivity contribution in [3.05, 3.63) is 23.8 Å². The fraction of sp³-hybridized carbons (Fsp3) is 0.533. The normalized spacial score (nSPS) is 21.8. The summed E-state index contributed by atoms with van der Waals surface area (Å²) in [6.07, 6.45) is 0. The Balaban J connectivity index is 2.04. The molecule has 20 heavy (non-hydrogen) atoms. The van der Waals surface area contributed by atoms with Crippen LogP contribution in [0.2, 0.25) is 0 Å². The number of rotatable bonds is 5. The summed E-state index contributed by atoms with van der Waals surface area (Å²) >= 11 is 0. The first-order chi connectivity index (χ1) is 9.65. The monoisotopic (exact) mass is 278 g/mol. The Bertz CT molecular complexity index is 476. The maximum absolute atomic E-state index is 12.3. The Morgan fingerprint density at radius 3 is 2.90 bits per heavy atom. The van der Waals surface area contributed by atoms with Crippen molar-refractivity contribution in [2.24, 2.45) is 5.92 Å². The average molecular weight is 278 g/mol. The van der Waals surface area contributed by atoms with Gasteiger partial charge in [-0.2, -0.15) is 0 Å². The molecule has 0 saturated carbocycles. The zero-order valence-electron chi connectivity index (χ0n) is 12.2. The Hall–Kier alpha value is -1.59. The third kappa shape index (κ3) is 3.29. The number of aryl methyl sites for hydroxylation is 1. The lowest BCUT2D eigenvalue weighted by Crippen LogP contribution is -2.39. The second kappa shape index (κ2) is 6.72. The SMILES string of the molecule is CCOc1ccc(NC(=O)C2COCC2NC)c(C)c1. The highest BCUT2D eigenvalue weighted by Gasteiger charge is 2.33. The van der Waals surface area contributed by atoms with Crippen LogP contribution in [-0.2, 0) is 9.53 Å². The van der Waals surface area contributed by atoms with Gasteiger partial charge in [0.25, 0.3) is 0 Å². The molecule has 110 valence electrons. The summed E-state index contributed by atoms with van der Waals surface area (Å²) in [5.74, 6) is 0.667. The van der Waals surface area contributed by atoms with E-state index >= 15 is 0 Å². The van der Waals surface area contributed by atoms with Gasteiger partial charge < -0.3 is 20.1 Å². The van der Waals surface area contributed by atoms with Crippen LogP contribution in [0.25, 0.3) is 0 Å². The average Bonchev–Trinajstić information content (AvgIpc) is 2.90. The molecule has 0 radical (unpaired) electrons. The van der Waals surface area contributed by atoms with E-state index in [2.05, 4.69) is 10.6 Å². The molecule has 1 aliphatic heterocycles. The molecule has 0 bridgehead atoms. The third-order valence-corrected chi connectivity index (χ3v) is 3.55. The van der Waals surface area contributed by atoms with Crippen LogP contribution in [-0.4, -0.2) is 38.8 Å². The zero-order chi connectivity index (χ0) is 14.5. The van der Waals surface area contributed by atoms with Crippen molar-refractivity contribution in [2.75, 3.05) is 32.2 Å². The van der Waals surface area contributed by atoms with Crippen molar-refractivity contribution in [2.45, 2.75) is 19.9 Å². The van der Waals surface area contributed by atoms with Gasteiger partial charge in [-0.15, -0.1) is 0 Å². The van der Waals surface area contributed by atoms with E-state index in [1.54, 1.807) is 0 Å². The first kappa shape index (κ1) is 14.8. The molecule has 1 heterocycles. The van der Waals surface area contributed by atoms with Gasteiger partial charge in [0.1, 0.15) is 5.75 Å². The summed E-state index contributed by atoms with van der Waals surface area (Å²) in [6, 6.07) is 5.76. The van der Waals surface area contributed by atoms with Crippen LogP contribution in [0.5, 0.6) is 5.75 Å². The van der Waals surface area contributed by atoms with Crippen LogP contribution in [0, 0.1) is 12.8 Å². The topological polar surface area (TPSA) is 59.6 Å². The molecule has 0 spiro atoms. The number of hydrogen-bond acceptors (Lipinski definition) is 4. The summed E-state index contributed by atoms with van der Waals surface area (Å²) in [6.45, 7) is 5.58. The standard InChI is InChI=1S/C15H22N2O3/c1-4-20-11-5-6-13(10(2)7-11)17-15(18)12-8-19-9-14(12)16-3/h5-7,12,14,16H,4,8-9H2,1-3H3,(H,17,18). The number of likely N-dealkylation sites (N-methyl/N-ethyl adjacent to an activating group) is 1. The van der Waals surface area contributed by atoms with E-state index in [9.17, 15) is 4.79 Å². The quantitative estimate of drug-likeness (QED) is 0.858. The van der Waals surface area contributed by atoms with Gasteiger partial charge >= 0.3 is 0 Å². The number of carbonyl (C=O) groups is 1. The van der Waals surface area contributed by atoms with Crippen molar-refractivity contribution in [1.29, 1.82) is 0 Å². The summed E-state index contributed by atoms with van der Waals surface area (Å²) in [5, 5.41) is 6.09. The molecule has 1 aromatic rings. The van der Waals surface area contributed by atoms with Crippen molar-refractivity contribution in [3.63, 3.8) is 0 Å². The minimum Gasteiger partial charge on any atom is -0.494 e. The Kier molecular flexibility index (Phi) is 4.98. The third-order valence-electron chi connectivity index (χ3n) is 3.55. The smallest absolute Gasteiger partial charge is 0.231 e. The van der Waals surface area contributed by atoms with Gasteiger partial charge in [0.15, 0.2) is 0 Å². The molecular weight excluding hydrogens is 256 g/mol. The van der Waals surface area contributed by atoms with Gasteiger partial charge in [-0.25, -0.2) is 0 Å². The van der Waals surface area contributed by atoms with Crippen molar-refractivity contribution in [1.82, 2.24) is 5.32 Å². The molecule has 1 aliphatic rings. The highest BCUT2D eigenvalue weighted by Crippen LogP contribution is 2.23. The van der Waals surface area contributed by atoms with Gasteiger partial charge in [0.2, 0.25) is 5.91 Å². The lowest BCUT2D eigenvalue weighted by atomic mass is 10.0. The molecule has 5 nitrogen and oxygen atoms in total. The van der Waals surface area contributed by atoms with Crippen molar-refractivity contribution < 1.29 is 14.3 Å². The summed E-state index contributed by atoms with van der Waals surface area (Å²) < 4.78 is 10.8. The van der Waals surface area contributed by atoms with Crippen LogP contribution in [0.1, 0.15) is 12.5 Å². The first-order valence-corrected chi connectivity index (χ1v) is 6.95. The fourth-order valence-corrected chi connectivity index (χ4v) is 2.36. The largest absolute Gasteiger partial charge is 0.494 e. The van der Waals surface area contributed by atoms with Crippen LogP contribution in [0.4, 0.5) is 5.69 Å². The van der Waals surface area contributed by atoms with E-state index in [4.69, 9.17) is 9.47 Å². The van der Waals surface area contributed by atoms with Gasteiger partial charge in [0.05, 0.1) is 25.7 Å². The number of ether oxygens (including phenoxy) is 2. The van der Waals surface area contributed by atoms with Crippen LogP contribution < -0.4 is 15.4 Å². The highest BCUT2D eigenvalue weighted by molar-refractivity contribution is 5.94. The number of benzene rings is 1. The predicted octanol–water partition coefficient (Wildman–Crippen LogP) is 1.57. The summed E-state index contributed by atoms with van der Waals surface area (Å²) in [4.78, 5) is 12.3. The number of amides is 1. The second-order valence-corrected chi connectivity index (χ2v) is 4.94. The molecule has 2 unspecified atom stereocenters. The first-order valence-electron chi connectivity index (χ1n) is 6.95. The Morgan fingerprint density at radius 1 is 1.45 bits per heavy atom. The number of anilines is 1. The van der Waals surface area contributed by atoms with Gasteiger partial charge in [-0.05, 0) is 44.7 Å². The van der Waals surface area contributed by atoms with E-state index in [1.165, 1.54) is 0 Å². The molecule has 5 heteroatoms. The summed E-state index contributed by atoms with van der Waals surface area (Å²) in [5.41, 5.74) is 1.81. The molecule has 1 aromatic carbocycles. The molecule has 1 fully saturated rings. The zero-order valence-corrected chi connectivity index (χ0v) is 12.2. The van der Waals surface area contributed by atoms with Gasteiger partial charge in [-0.3, -0.25) is 4.79 Å². The van der Waals surface area contributed by atoms with E-state index in [1.807, 2.05) is 39.1 Å². The van der Waals surface area contributed by atoms with E-state index in [0.29, 0.717) is 19.8 Å². The molecule has 2 N–H and O–H groups in total. The molecule has 1 saturated heterocycles. The van der Waals surface area contributed by atoms with E-state index in [-0.39, 0.29) is 17.9 Å². The molecule has 2 atom stereocenters. The molecule has 0 aromatic heterocycles. The van der Waals surface area contributed by atoms with E-state index in [0.717, 1.165) is 17.0 Å². The molecule has 2 rings (SSSR count). The summed E-state index contributed by atoms with van der Waals surface area (Å²) in [7, 11) is 1.85. The maximum Gasteiger partial charge on any atom is 0.231 e. The Labute approximate surface area is 119 Å². The maximum atomic E-state index is 12.3. The number of nitrogens with one attached hydrogen (secondary N) is 2. The lowest BCUT2D eigenvalue weighted by Gasteiger charge is -2.17. The van der Waals surface area contributed by atoms with Crippen molar-refractivity contribution in [3.8, 4) is 5.75 Å². The van der Waals surface area contributed by atoms with Gasteiger partial charge in [0, 0.05) is 11.7 Å². The molecule has 1 amide bonds. The van der Waals surface area contributed by atoms with Crippen LogP contribution in [0.3, 0.4) is 0 Å².